The van der Waals surface area contributed by atoms with Gasteiger partial charge in [-0.3, -0.25) is 5.32 Å². The number of nitriles is 1. The van der Waals surface area contributed by atoms with Gasteiger partial charge in [0, 0.05) is 12.3 Å². The highest BCUT2D eigenvalue weighted by Crippen LogP contribution is 2.26. The SMILES string of the molecule is C=CCNC1(C#N)CCSC1. The molecule has 0 amide bonds. The van der Waals surface area contributed by atoms with E-state index in [4.69, 9.17) is 5.26 Å². The smallest absolute Gasteiger partial charge is 0.116 e. The van der Waals surface area contributed by atoms with Crippen molar-refractivity contribution in [3.05, 3.63) is 12.7 Å². The maximum absolute atomic E-state index is 8.88. The normalized spacial score (nSPS) is 29.7. The summed E-state index contributed by atoms with van der Waals surface area (Å²) in [6.07, 6.45) is 2.75. The molecule has 0 spiro atoms. The second kappa shape index (κ2) is 3.80. The highest BCUT2D eigenvalue weighted by atomic mass is 32.2. The van der Waals surface area contributed by atoms with E-state index in [1.807, 2.05) is 11.8 Å². The zero-order valence-electron chi connectivity index (χ0n) is 6.47. The number of thioether (sulfide) groups is 1. The van der Waals surface area contributed by atoms with Crippen molar-refractivity contribution in [2.24, 2.45) is 0 Å². The van der Waals surface area contributed by atoms with Gasteiger partial charge >= 0.3 is 0 Å². The summed E-state index contributed by atoms with van der Waals surface area (Å²) in [5.41, 5.74) is -0.265. The van der Waals surface area contributed by atoms with E-state index in [9.17, 15) is 0 Å². The zero-order chi connectivity index (χ0) is 8.16. The van der Waals surface area contributed by atoms with Crippen molar-refractivity contribution in [1.29, 1.82) is 5.26 Å². The van der Waals surface area contributed by atoms with E-state index >= 15 is 0 Å². The van der Waals surface area contributed by atoms with Crippen LogP contribution in [0, 0.1) is 11.3 Å². The molecular formula is C8H12N2S. The fraction of sp³-hybridized carbons (Fsp3) is 0.625. The monoisotopic (exact) mass is 168 g/mol. The topological polar surface area (TPSA) is 35.8 Å². The Labute approximate surface area is 71.7 Å². The third-order valence-corrected chi connectivity index (χ3v) is 3.01. The summed E-state index contributed by atoms with van der Waals surface area (Å²) < 4.78 is 0. The molecule has 60 valence electrons. The minimum atomic E-state index is -0.265. The Morgan fingerprint density at radius 2 is 2.64 bits per heavy atom. The maximum Gasteiger partial charge on any atom is 0.116 e. The van der Waals surface area contributed by atoms with Gasteiger partial charge in [-0.2, -0.15) is 17.0 Å². The van der Waals surface area contributed by atoms with Gasteiger partial charge in [0.05, 0.1) is 6.07 Å². The van der Waals surface area contributed by atoms with Gasteiger partial charge in [0.25, 0.3) is 0 Å². The minimum Gasteiger partial charge on any atom is -0.295 e. The molecule has 0 radical (unpaired) electrons. The van der Waals surface area contributed by atoms with Crippen LogP contribution in [-0.4, -0.2) is 23.6 Å². The predicted octanol–water partition coefficient (Wildman–Crippen LogP) is 1.16. The van der Waals surface area contributed by atoms with Gasteiger partial charge in [0.2, 0.25) is 0 Å². The molecule has 0 bridgehead atoms. The molecule has 1 aliphatic heterocycles. The van der Waals surface area contributed by atoms with E-state index in [1.54, 1.807) is 6.08 Å². The van der Waals surface area contributed by atoms with Gasteiger partial charge in [-0.25, -0.2) is 0 Å². The molecule has 0 aliphatic carbocycles. The first-order valence-electron chi connectivity index (χ1n) is 3.68. The van der Waals surface area contributed by atoms with Crippen molar-refractivity contribution in [3.8, 4) is 6.07 Å². The Kier molecular flexibility index (Phi) is 2.98. The van der Waals surface area contributed by atoms with Crippen LogP contribution in [0.2, 0.25) is 0 Å². The van der Waals surface area contributed by atoms with Gasteiger partial charge in [0.1, 0.15) is 5.54 Å². The Hall–Kier alpha value is -0.460. The summed E-state index contributed by atoms with van der Waals surface area (Å²) >= 11 is 1.84. The number of hydrogen-bond donors (Lipinski definition) is 1. The van der Waals surface area contributed by atoms with Crippen LogP contribution in [0.15, 0.2) is 12.7 Å². The van der Waals surface area contributed by atoms with E-state index in [1.165, 1.54) is 0 Å². The number of hydrogen-bond acceptors (Lipinski definition) is 3. The van der Waals surface area contributed by atoms with E-state index in [-0.39, 0.29) is 5.54 Å². The summed E-state index contributed by atoms with van der Waals surface area (Å²) in [5, 5.41) is 12.1. The summed E-state index contributed by atoms with van der Waals surface area (Å²) in [6, 6.07) is 2.33. The summed E-state index contributed by atoms with van der Waals surface area (Å²) in [4.78, 5) is 0. The molecule has 0 aromatic carbocycles. The quantitative estimate of drug-likeness (QED) is 0.642. The summed E-state index contributed by atoms with van der Waals surface area (Å²) in [7, 11) is 0. The molecule has 1 rings (SSSR count). The van der Waals surface area contributed by atoms with Gasteiger partial charge in [-0.05, 0) is 12.2 Å². The number of nitrogens with zero attached hydrogens (tertiary/aromatic N) is 1. The molecule has 1 N–H and O–H groups in total. The Balaban J connectivity index is 2.47. The van der Waals surface area contributed by atoms with E-state index < -0.39 is 0 Å². The van der Waals surface area contributed by atoms with Crippen molar-refractivity contribution < 1.29 is 0 Å². The lowest BCUT2D eigenvalue weighted by atomic mass is 10.0. The molecule has 2 nitrogen and oxygen atoms in total. The first kappa shape index (κ1) is 8.63. The molecule has 1 heterocycles. The Morgan fingerprint density at radius 1 is 1.82 bits per heavy atom. The molecular weight excluding hydrogens is 156 g/mol. The Morgan fingerprint density at radius 3 is 3.09 bits per heavy atom. The molecule has 0 aromatic rings. The molecule has 1 saturated heterocycles. The molecule has 0 aromatic heterocycles. The first-order valence-corrected chi connectivity index (χ1v) is 4.83. The van der Waals surface area contributed by atoms with E-state index in [0.29, 0.717) is 0 Å². The van der Waals surface area contributed by atoms with Crippen LogP contribution in [-0.2, 0) is 0 Å². The molecule has 1 aliphatic rings. The largest absolute Gasteiger partial charge is 0.295 e. The van der Waals surface area contributed by atoms with Crippen LogP contribution in [0.4, 0.5) is 0 Å². The lowest BCUT2D eigenvalue weighted by Crippen LogP contribution is -2.43. The third kappa shape index (κ3) is 1.98. The van der Waals surface area contributed by atoms with Crippen LogP contribution >= 0.6 is 11.8 Å². The highest BCUT2D eigenvalue weighted by molar-refractivity contribution is 7.99. The van der Waals surface area contributed by atoms with Crippen LogP contribution in [0.25, 0.3) is 0 Å². The van der Waals surface area contributed by atoms with Crippen LogP contribution in [0.3, 0.4) is 0 Å². The van der Waals surface area contributed by atoms with Crippen LogP contribution < -0.4 is 5.32 Å². The fourth-order valence-corrected chi connectivity index (χ4v) is 2.40. The number of rotatable bonds is 3. The van der Waals surface area contributed by atoms with Crippen LogP contribution in [0.1, 0.15) is 6.42 Å². The molecule has 1 atom stereocenters. The second-order valence-electron chi connectivity index (χ2n) is 2.67. The highest BCUT2D eigenvalue weighted by Gasteiger charge is 2.33. The van der Waals surface area contributed by atoms with Crippen molar-refractivity contribution >= 4 is 11.8 Å². The fourth-order valence-electron chi connectivity index (χ4n) is 1.10. The second-order valence-corrected chi connectivity index (χ2v) is 3.77. The molecule has 1 fully saturated rings. The average Bonchev–Trinajstić information content (AvgIpc) is 2.50. The van der Waals surface area contributed by atoms with Gasteiger partial charge in [-0.1, -0.05) is 6.08 Å². The Bertz CT molecular complexity index is 177. The van der Waals surface area contributed by atoms with Crippen molar-refractivity contribution in [3.63, 3.8) is 0 Å². The van der Waals surface area contributed by atoms with Gasteiger partial charge in [-0.15, -0.1) is 6.58 Å². The zero-order valence-corrected chi connectivity index (χ0v) is 7.28. The maximum atomic E-state index is 8.88. The van der Waals surface area contributed by atoms with Crippen molar-refractivity contribution in [2.75, 3.05) is 18.1 Å². The van der Waals surface area contributed by atoms with Crippen molar-refractivity contribution in [1.82, 2.24) is 5.32 Å². The molecule has 11 heavy (non-hydrogen) atoms. The summed E-state index contributed by atoms with van der Waals surface area (Å²) in [6.45, 7) is 4.34. The lowest BCUT2D eigenvalue weighted by Gasteiger charge is -2.19. The molecule has 1 unspecified atom stereocenters. The third-order valence-electron chi connectivity index (χ3n) is 1.82. The summed E-state index contributed by atoms with van der Waals surface area (Å²) in [5.74, 6) is 2.01. The van der Waals surface area contributed by atoms with Gasteiger partial charge in [0.15, 0.2) is 0 Å². The molecule has 3 heteroatoms. The van der Waals surface area contributed by atoms with Crippen molar-refractivity contribution in [2.45, 2.75) is 12.0 Å². The molecule has 0 saturated carbocycles. The van der Waals surface area contributed by atoms with Crippen LogP contribution in [0.5, 0.6) is 0 Å². The average molecular weight is 168 g/mol. The van der Waals surface area contributed by atoms with Gasteiger partial charge < -0.3 is 0 Å². The minimum absolute atomic E-state index is 0.265. The standard InChI is InChI=1S/C8H12N2S/c1-2-4-10-8(6-9)3-5-11-7-8/h2,10H,1,3-5,7H2. The van der Waals surface area contributed by atoms with E-state index in [2.05, 4.69) is 18.0 Å². The predicted molar refractivity (Wildman–Crippen MR) is 48.5 cm³/mol. The van der Waals surface area contributed by atoms with E-state index in [0.717, 1.165) is 24.5 Å². The lowest BCUT2D eigenvalue weighted by molar-refractivity contribution is 0.483. The number of nitrogens with one attached hydrogen (secondary N) is 1. The first-order chi connectivity index (χ1) is 5.33.